The molecule has 1 atom stereocenters. The van der Waals surface area contributed by atoms with Gasteiger partial charge in [-0.2, -0.15) is 0 Å². The van der Waals surface area contributed by atoms with Crippen molar-refractivity contribution in [3.63, 3.8) is 0 Å². The minimum atomic E-state index is 0.222. The van der Waals surface area contributed by atoms with E-state index in [0.717, 1.165) is 23.5 Å². The van der Waals surface area contributed by atoms with Crippen LogP contribution in [0.15, 0.2) is 24.4 Å². The number of H-pyrrole nitrogens is 1. The normalized spacial score (nSPS) is 13.3. The molecule has 1 aromatic carbocycles. The lowest BCUT2D eigenvalue weighted by Gasteiger charge is -2.21. The predicted molar refractivity (Wildman–Crippen MR) is 80.5 cm³/mol. The van der Waals surface area contributed by atoms with Crippen LogP contribution in [0.3, 0.4) is 0 Å². The van der Waals surface area contributed by atoms with Crippen LogP contribution in [0.5, 0.6) is 0 Å². The van der Waals surface area contributed by atoms with Gasteiger partial charge in [-0.25, -0.2) is 0 Å². The van der Waals surface area contributed by atoms with E-state index in [2.05, 4.69) is 24.1 Å². The van der Waals surface area contributed by atoms with Gasteiger partial charge in [-0.05, 0) is 30.0 Å². The van der Waals surface area contributed by atoms with Gasteiger partial charge in [-0.3, -0.25) is 0 Å². The molecular formula is C15H21ClN2O. The molecule has 1 unspecified atom stereocenters. The quantitative estimate of drug-likeness (QED) is 0.760. The van der Waals surface area contributed by atoms with Crippen LogP contribution in [0.4, 0.5) is 0 Å². The number of aromatic amines is 1. The molecule has 4 heteroatoms. The third kappa shape index (κ3) is 3.50. The average Bonchev–Trinajstić information content (AvgIpc) is 2.76. The van der Waals surface area contributed by atoms with Crippen molar-refractivity contribution >= 4 is 22.5 Å². The van der Waals surface area contributed by atoms with E-state index in [-0.39, 0.29) is 6.61 Å². The lowest BCUT2D eigenvalue weighted by atomic mass is 10.0. The fourth-order valence-electron chi connectivity index (χ4n) is 2.36. The average molecular weight is 281 g/mol. The molecule has 0 aliphatic heterocycles. The summed E-state index contributed by atoms with van der Waals surface area (Å²) in [6, 6.07) is 6.23. The van der Waals surface area contributed by atoms with Gasteiger partial charge < -0.3 is 15.4 Å². The van der Waals surface area contributed by atoms with E-state index in [0.29, 0.717) is 12.0 Å². The Balaban J connectivity index is 2.09. The number of benzene rings is 1. The summed E-state index contributed by atoms with van der Waals surface area (Å²) in [5.41, 5.74) is 2.29. The van der Waals surface area contributed by atoms with Crippen molar-refractivity contribution in [1.82, 2.24) is 10.3 Å². The first kappa shape index (κ1) is 14.4. The first-order valence-corrected chi connectivity index (χ1v) is 7.09. The summed E-state index contributed by atoms with van der Waals surface area (Å²) in [5.74, 6) is 0.506. The van der Waals surface area contributed by atoms with Crippen LogP contribution in [-0.4, -0.2) is 22.7 Å². The zero-order valence-electron chi connectivity index (χ0n) is 11.4. The Hall–Kier alpha value is -1.03. The van der Waals surface area contributed by atoms with Crippen molar-refractivity contribution in [2.45, 2.75) is 32.9 Å². The molecule has 0 radical (unpaired) electrons. The monoisotopic (exact) mass is 280 g/mol. The summed E-state index contributed by atoms with van der Waals surface area (Å²) < 4.78 is 0. The highest BCUT2D eigenvalue weighted by molar-refractivity contribution is 6.31. The minimum Gasteiger partial charge on any atom is -0.396 e. The number of halogens is 1. The van der Waals surface area contributed by atoms with Gasteiger partial charge in [0, 0.05) is 41.3 Å². The van der Waals surface area contributed by atoms with Crippen molar-refractivity contribution in [3.8, 4) is 0 Å². The van der Waals surface area contributed by atoms with Crippen LogP contribution >= 0.6 is 11.6 Å². The zero-order chi connectivity index (χ0) is 13.8. The maximum atomic E-state index is 9.08. The number of hydrogen-bond acceptors (Lipinski definition) is 2. The summed E-state index contributed by atoms with van der Waals surface area (Å²) in [6.45, 7) is 5.36. The maximum Gasteiger partial charge on any atom is 0.0472 e. The number of fused-ring (bicyclic) bond motifs is 1. The van der Waals surface area contributed by atoms with Crippen molar-refractivity contribution in [1.29, 1.82) is 0 Å². The number of nitrogens with one attached hydrogen (secondary N) is 2. The minimum absolute atomic E-state index is 0.222. The molecule has 2 rings (SSSR count). The lowest BCUT2D eigenvalue weighted by Crippen LogP contribution is -2.34. The number of aliphatic hydroxyl groups is 1. The topological polar surface area (TPSA) is 48.0 Å². The molecule has 0 saturated heterocycles. The third-order valence-electron chi connectivity index (χ3n) is 3.53. The summed E-state index contributed by atoms with van der Waals surface area (Å²) in [5, 5.41) is 14.5. The smallest absolute Gasteiger partial charge is 0.0472 e. The van der Waals surface area contributed by atoms with Crippen molar-refractivity contribution < 1.29 is 5.11 Å². The molecule has 3 N–H and O–H groups in total. The Morgan fingerprint density at radius 3 is 2.84 bits per heavy atom. The first-order valence-electron chi connectivity index (χ1n) is 6.71. The van der Waals surface area contributed by atoms with Gasteiger partial charge in [-0.15, -0.1) is 0 Å². The summed E-state index contributed by atoms with van der Waals surface area (Å²) >= 11 is 5.97. The number of aliphatic hydroxyl groups excluding tert-OH is 1. The van der Waals surface area contributed by atoms with E-state index in [4.69, 9.17) is 16.7 Å². The molecule has 1 heterocycles. The van der Waals surface area contributed by atoms with Gasteiger partial charge in [-0.1, -0.05) is 31.5 Å². The Morgan fingerprint density at radius 1 is 1.37 bits per heavy atom. The second-order valence-electron chi connectivity index (χ2n) is 5.25. The lowest BCUT2D eigenvalue weighted by molar-refractivity contribution is 0.244. The fraction of sp³-hybridized carbons (Fsp3) is 0.467. The van der Waals surface area contributed by atoms with E-state index in [9.17, 15) is 0 Å². The second kappa shape index (κ2) is 6.42. The van der Waals surface area contributed by atoms with Crippen LogP contribution < -0.4 is 5.32 Å². The molecule has 19 heavy (non-hydrogen) atoms. The Labute approximate surface area is 119 Å². The van der Waals surface area contributed by atoms with Gasteiger partial charge in [0.2, 0.25) is 0 Å². The van der Waals surface area contributed by atoms with Crippen molar-refractivity contribution in [2.24, 2.45) is 5.92 Å². The Kier molecular flexibility index (Phi) is 4.86. The van der Waals surface area contributed by atoms with E-state index in [1.807, 2.05) is 24.4 Å². The highest BCUT2D eigenvalue weighted by Gasteiger charge is 2.13. The van der Waals surface area contributed by atoms with Crippen LogP contribution in [0, 0.1) is 5.92 Å². The summed E-state index contributed by atoms with van der Waals surface area (Å²) in [7, 11) is 0. The van der Waals surface area contributed by atoms with Crippen molar-refractivity contribution in [3.05, 3.63) is 35.0 Å². The summed E-state index contributed by atoms with van der Waals surface area (Å²) in [6.07, 6.45) is 2.80. The molecule has 0 bridgehead atoms. The molecule has 0 amide bonds. The first-order chi connectivity index (χ1) is 9.11. The maximum absolute atomic E-state index is 9.08. The molecular weight excluding hydrogens is 260 g/mol. The SMILES string of the molecule is CC(C)C(CCO)NCc1c[nH]c2cc(Cl)ccc12. The molecule has 1 aromatic heterocycles. The Morgan fingerprint density at radius 2 is 2.16 bits per heavy atom. The van der Waals surface area contributed by atoms with E-state index >= 15 is 0 Å². The number of aromatic nitrogens is 1. The Bertz CT molecular complexity index is 536. The highest BCUT2D eigenvalue weighted by Crippen LogP contribution is 2.22. The summed E-state index contributed by atoms with van der Waals surface area (Å²) in [4.78, 5) is 3.24. The predicted octanol–water partition coefficient (Wildman–Crippen LogP) is 3.32. The van der Waals surface area contributed by atoms with Gasteiger partial charge in [0.1, 0.15) is 0 Å². The molecule has 0 fully saturated rings. The standard InChI is InChI=1S/C15H21ClN2O/c1-10(2)14(5-6-19)17-8-11-9-18-15-7-12(16)3-4-13(11)15/h3-4,7,9-10,14,17-19H,5-6,8H2,1-2H3. The van der Waals surface area contributed by atoms with Gasteiger partial charge in [0.25, 0.3) is 0 Å². The number of hydrogen-bond donors (Lipinski definition) is 3. The van der Waals surface area contributed by atoms with Crippen molar-refractivity contribution in [2.75, 3.05) is 6.61 Å². The van der Waals surface area contributed by atoms with Gasteiger partial charge >= 0.3 is 0 Å². The van der Waals surface area contributed by atoms with Crippen LogP contribution in [0.2, 0.25) is 5.02 Å². The molecule has 2 aromatic rings. The second-order valence-corrected chi connectivity index (χ2v) is 5.68. The molecule has 0 aliphatic rings. The van der Waals surface area contributed by atoms with E-state index < -0.39 is 0 Å². The molecule has 3 nitrogen and oxygen atoms in total. The molecule has 0 spiro atoms. The van der Waals surface area contributed by atoms with Crippen LogP contribution in [-0.2, 0) is 6.54 Å². The molecule has 104 valence electrons. The number of rotatable bonds is 6. The largest absolute Gasteiger partial charge is 0.396 e. The van der Waals surface area contributed by atoms with E-state index in [1.54, 1.807) is 0 Å². The third-order valence-corrected chi connectivity index (χ3v) is 3.76. The fourth-order valence-corrected chi connectivity index (χ4v) is 2.53. The van der Waals surface area contributed by atoms with Crippen LogP contribution in [0.25, 0.3) is 10.9 Å². The molecule has 0 aliphatic carbocycles. The van der Waals surface area contributed by atoms with Gasteiger partial charge in [0.15, 0.2) is 0 Å². The van der Waals surface area contributed by atoms with Crippen LogP contribution in [0.1, 0.15) is 25.8 Å². The molecule has 0 saturated carbocycles. The zero-order valence-corrected chi connectivity index (χ0v) is 12.2. The van der Waals surface area contributed by atoms with E-state index in [1.165, 1.54) is 10.9 Å². The highest BCUT2D eigenvalue weighted by atomic mass is 35.5. The van der Waals surface area contributed by atoms with Gasteiger partial charge in [0.05, 0.1) is 0 Å².